The van der Waals surface area contributed by atoms with Crippen LogP contribution in [0.1, 0.15) is 58.1 Å². The van der Waals surface area contributed by atoms with Crippen molar-refractivity contribution in [3.63, 3.8) is 0 Å². The predicted octanol–water partition coefficient (Wildman–Crippen LogP) is 2.77. The van der Waals surface area contributed by atoms with Gasteiger partial charge in [-0.05, 0) is 32.4 Å². The minimum absolute atomic E-state index is 0. The number of carboxylic acids is 1. The van der Waals surface area contributed by atoms with Crippen LogP contribution < -0.4 is 10.2 Å². The molecule has 1 N–H and O–H groups in total. The quantitative estimate of drug-likeness (QED) is 0.311. The van der Waals surface area contributed by atoms with E-state index in [0.29, 0.717) is 10.8 Å². The molecule has 1 fully saturated rings. The average molecular weight is 629 g/mol. The van der Waals surface area contributed by atoms with Crippen LogP contribution in [0, 0.1) is 5.41 Å². The van der Waals surface area contributed by atoms with E-state index in [2.05, 4.69) is 22.9 Å². The molecule has 5 atom stereocenters. The van der Waals surface area contributed by atoms with Gasteiger partial charge in [-0.25, -0.2) is 0 Å². The first-order valence-electron chi connectivity index (χ1n) is 13.0. The topological polar surface area (TPSA) is 111 Å². The van der Waals surface area contributed by atoms with Gasteiger partial charge in [0.25, 0.3) is 0 Å². The zero-order valence-corrected chi connectivity index (χ0v) is 28.4. The number of nitrogens with zero attached hydrogens (tertiary/aromatic N) is 3. The van der Waals surface area contributed by atoms with Crippen LogP contribution in [0.4, 0.5) is 0 Å². The van der Waals surface area contributed by atoms with Crippen molar-refractivity contribution in [2.24, 2.45) is 15.4 Å². The van der Waals surface area contributed by atoms with Gasteiger partial charge in [0, 0.05) is 34.3 Å². The Balaban J connectivity index is 0.00000400. The summed E-state index contributed by atoms with van der Waals surface area (Å²) >= 11 is 4.84. The number of rotatable bonds is 10. The molecular weight excluding hydrogens is 592 g/mol. The number of likely N-dealkylation sites (N-methyl/N-ethyl adjacent to an activating group) is 1. The van der Waals surface area contributed by atoms with E-state index in [9.17, 15) is 20.1 Å². The normalized spacial score (nSPS) is 28.6. The van der Waals surface area contributed by atoms with E-state index in [-0.39, 0.29) is 42.7 Å². The molecule has 204 valence electrons. The number of carbonyl (C=O) groups is 1. The fourth-order valence-electron chi connectivity index (χ4n) is 5.12. The minimum atomic E-state index is -1.25. The summed E-state index contributed by atoms with van der Waals surface area (Å²) in [5.41, 5.74) is -0.0922. The van der Waals surface area contributed by atoms with Crippen molar-refractivity contribution in [2.45, 2.75) is 82.5 Å². The zero-order valence-electron chi connectivity index (χ0n) is 22.9. The Kier molecular flexibility index (Phi) is 10.9. The number of thioether (sulfide) groups is 3. The molecule has 11 heteroatoms. The van der Waals surface area contributed by atoms with E-state index in [0.717, 1.165) is 53.4 Å². The van der Waals surface area contributed by atoms with Gasteiger partial charge in [0.1, 0.15) is 5.54 Å². The molecule has 1 aromatic rings. The molecule has 0 aromatic heterocycles. The number of aliphatic hydroxyl groups excluding tert-OH is 1. The van der Waals surface area contributed by atoms with Crippen LogP contribution in [0.3, 0.4) is 0 Å². The van der Waals surface area contributed by atoms with E-state index in [1.54, 1.807) is 36.5 Å². The molecule has 0 amide bonds. The van der Waals surface area contributed by atoms with Crippen LogP contribution in [0.25, 0.3) is 0 Å². The Morgan fingerprint density at radius 1 is 1.29 bits per heavy atom. The first-order chi connectivity index (χ1) is 17.5. The van der Waals surface area contributed by atoms with Crippen LogP contribution in [0.2, 0.25) is 0 Å². The number of hydrogen-bond donors (Lipinski definition) is 1. The summed E-state index contributed by atoms with van der Waals surface area (Å²) in [4.78, 5) is 23.3. The number of aliphatic hydroxyl groups is 1. The minimum Gasteiger partial charge on any atom is -0.872 e. The number of hydrogen-bond acceptors (Lipinski definition) is 10. The molecule has 7 nitrogen and oxygen atoms in total. The van der Waals surface area contributed by atoms with Gasteiger partial charge >= 0.3 is 19.5 Å². The summed E-state index contributed by atoms with van der Waals surface area (Å²) in [5.74, 6) is 0.723. The Bertz CT molecular complexity index is 1090. The van der Waals surface area contributed by atoms with E-state index in [1.807, 2.05) is 27.0 Å². The number of carboxylic acid groups (broad SMARTS) is 1. The molecule has 3 heterocycles. The Morgan fingerprint density at radius 3 is 2.68 bits per heavy atom. The smallest absolute Gasteiger partial charge is 0.872 e. The standard InChI is InChI=1S/C27H39N3O4S3.Zn/c1-6-7-8-10-16-11-9-12-19(31)20(16)22-28-17(13-35-22)23-30(5)18(14-36-23)21(32)26(2,3)24-29-27(4,15-37-24)25(33)34;/h9,11-12,17-18,21,23,31-32H,6-8,10,13-15H2,1-5H3,(H,33,34);/q;+2/p-2/t17-,18+,21-,23-,27-;/m1./s1. The number of carbonyl (C=O) groups excluding carboxylic acids is 1. The molecule has 38 heavy (non-hydrogen) atoms. The van der Waals surface area contributed by atoms with Crippen LogP contribution in [0.5, 0.6) is 5.75 Å². The third kappa shape index (κ3) is 6.33. The van der Waals surface area contributed by atoms with Gasteiger partial charge in [-0.3, -0.25) is 14.9 Å². The van der Waals surface area contributed by atoms with Crippen LogP contribution in [-0.2, 0) is 30.7 Å². The average Bonchev–Trinajstić information content (AvgIpc) is 3.58. The maximum Gasteiger partial charge on any atom is 2.00 e. The second-order valence-electron chi connectivity index (χ2n) is 11.0. The number of unbranched alkanes of at least 4 members (excludes halogenated alkanes) is 2. The molecule has 4 rings (SSSR count). The maximum atomic E-state index is 12.8. The van der Waals surface area contributed by atoms with Gasteiger partial charge in [0.2, 0.25) is 0 Å². The summed E-state index contributed by atoms with van der Waals surface area (Å²) in [6, 6.07) is 5.45. The summed E-state index contributed by atoms with van der Waals surface area (Å²) < 4.78 is 0. The number of aliphatic imine (C=N–C) groups is 2. The molecule has 0 saturated carbocycles. The fraction of sp³-hybridized carbons (Fsp3) is 0.667. The molecular formula is C27H37N3O4S3Zn. The SMILES string of the molecule is CCCCCc1cccc([O-])c1C1=N[C@@H]([C@H]2SC[C@@H]([C@@H](O)C(C)(C)C3=N[C@@](C)(C(=O)[O-])CS3)N2C)CS1.[Zn+2]. The second kappa shape index (κ2) is 12.9. The Labute approximate surface area is 251 Å². The maximum absolute atomic E-state index is 12.8. The monoisotopic (exact) mass is 627 g/mol. The third-order valence-corrected chi connectivity index (χ3v) is 11.9. The van der Waals surface area contributed by atoms with E-state index in [4.69, 9.17) is 4.99 Å². The van der Waals surface area contributed by atoms with Crippen LogP contribution >= 0.6 is 35.3 Å². The summed E-state index contributed by atoms with van der Waals surface area (Å²) in [5, 5.41) is 37.5. The van der Waals surface area contributed by atoms with E-state index in [1.165, 1.54) is 11.8 Å². The van der Waals surface area contributed by atoms with Gasteiger partial charge in [0.15, 0.2) is 0 Å². The van der Waals surface area contributed by atoms with E-state index >= 15 is 0 Å². The first-order valence-corrected chi connectivity index (χ1v) is 16.0. The van der Waals surface area contributed by atoms with Crippen molar-refractivity contribution >= 4 is 51.3 Å². The molecule has 0 spiro atoms. The summed E-state index contributed by atoms with van der Waals surface area (Å²) in [6.45, 7) is 7.62. The largest absolute Gasteiger partial charge is 2.00 e. The predicted molar refractivity (Wildman–Crippen MR) is 153 cm³/mol. The zero-order chi connectivity index (χ0) is 27.0. The van der Waals surface area contributed by atoms with Gasteiger partial charge in [0.05, 0.1) is 33.6 Å². The first kappa shape index (κ1) is 31.9. The van der Waals surface area contributed by atoms with Crippen molar-refractivity contribution in [1.29, 1.82) is 0 Å². The van der Waals surface area contributed by atoms with Crippen molar-refractivity contribution < 1.29 is 39.6 Å². The number of aryl methyl sites for hydroxylation is 1. The second-order valence-corrected chi connectivity index (χ2v) is 14.1. The van der Waals surface area contributed by atoms with Crippen LogP contribution in [-0.4, -0.2) is 79.5 Å². The van der Waals surface area contributed by atoms with E-state index < -0.39 is 23.0 Å². The van der Waals surface area contributed by atoms with Crippen molar-refractivity contribution in [2.75, 3.05) is 24.3 Å². The summed E-state index contributed by atoms with van der Waals surface area (Å²) in [6.07, 6.45) is 3.52. The molecule has 3 aliphatic rings. The molecule has 0 radical (unpaired) electrons. The number of aliphatic carboxylic acids is 1. The van der Waals surface area contributed by atoms with Crippen molar-refractivity contribution in [1.82, 2.24) is 4.90 Å². The molecule has 0 aliphatic carbocycles. The van der Waals surface area contributed by atoms with Crippen molar-refractivity contribution in [3.05, 3.63) is 29.3 Å². The van der Waals surface area contributed by atoms with Gasteiger partial charge < -0.3 is 20.1 Å². The molecule has 1 saturated heterocycles. The van der Waals surface area contributed by atoms with Gasteiger partial charge in [-0.15, -0.1) is 35.3 Å². The molecule has 1 aromatic carbocycles. The van der Waals surface area contributed by atoms with Crippen LogP contribution in [0.15, 0.2) is 28.2 Å². The Morgan fingerprint density at radius 2 is 2.03 bits per heavy atom. The third-order valence-electron chi connectivity index (χ3n) is 7.67. The summed E-state index contributed by atoms with van der Waals surface area (Å²) in [7, 11) is 2.03. The van der Waals surface area contributed by atoms with Gasteiger partial charge in [-0.2, -0.15) is 0 Å². The fourth-order valence-corrected chi connectivity index (χ4v) is 9.36. The molecule has 0 unspecified atom stereocenters. The van der Waals surface area contributed by atoms with Gasteiger partial charge in [-0.1, -0.05) is 57.6 Å². The Hall–Kier alpha value is -0.577. The molecule has 0 bridgehead atoms. The number of benzene rings is 1. The van der Waals surface area contributed by atoms with Crippen molar-refractivity contribution in [3.8, 4) is 5.75 Å². The molecule has 3 aliphatic heterocycles.